The quantitative estimate of drug-likeness (QED) is 0.429. The van der Waals surface area contributed by atoms with Crippen molar-refractivity contribution in [2.24, 2.45) is 0 Å². The summed E-state index contributed by atoms with van der Waals surface area (Å²) in [6, 6.07) is 9.30. The molecule has 1 aliphatic rings. The van der Waals surface area contributed by atoms with Crippen molar-refractivity contribution in [1.29, 1.82) is 0 Å². The molecule has 0 N–H and O–H groups in total. The van der Waals surface area contributed by atoms with Gasteiger partial charge in [-0.3, -0.25) is 4.79 Å². The molecule has 3 aromatic rings. The molecule has 1 amide bonds. The minimum Gasteiger partial charge on any atom is -0.331 e. The summed E-state index contributed by atoms with van der Waals surface area (Å²) in [6.45, 7) is 3.18. The number of hydrogen-bond acceptors (Lipinski definition) is 3. The van der Waals surface area contributed by atoms with Gasteiger partial charge < -0.3 is 9.47 Å². The molecule has 30 heavy (non-hydrogen) atoms. The maximum Gasteiger partial charge on any atom is 0.255 e. The first-order valence-corrected chi connectivity index (χ1v) is 11.4. The van der Waals surface area contributed by atoms with Crippen LogP contribution in [-0.4, -0.2) is 31.9 Å². The van der Waals surface area contributed by atoms with Gasteiger partial charge in [0.2, 0.25) is 0 Å². The van der Waals surface area contributed by atoms with Crippen LogP contribution in [0.15, 0.2) is 36.5 Å². The van der Waals surface area contributed by atoms with E-state index in [1.54, 1.807) is 18.2 Å². The minimum absolute atomic E-state index is 0.117. The molecule has 2 heterocycles. The van der Waals surface area contributed by atoms with Crippen molar-refractivity contribution in [2.75, 3.05) is 6.54 Å². The Morgan fingerprint density at radius 1 is 1.23 bits per heavy atom. The summed E-state index contributed by atoms with van der Waals surface area (Å²) < 4.78 is 2.26. The summed E-state index contributed by atoms with van der Waals surface area (Å²) in [5.74, 6) is 0.771. The van der Waals surface area contributed by atoms with E-state index in [2.05, 4.69) is 16.5 Å². The lowest BCUT2D eigenvalue weighted by Crippen LogP contribution is -2.33. The largest absolute Gasteiger partial charge is 0.331 e. The highest BCUT2D eigenvalue weighted by molar-refractivity contribution is 6.35. The molecule has 4 rings (SSSR count). The molecule has 0 unspecified atom stereocenters. The van der Waals surface area contributed by atoms with Crippen LogP contribution in [0.3, 0.4) is 0 Å². The monoisotopic (exact) mass is 444 g/mol. The summed E-state index contributed by atoms with van der Waals surface area (Å²) in [6.07, 6.45) is 8.39. The Labute approximate surface area is 187 Å². The fraction of sp³-hybridized carbons (Fsp3) is 0.435. The van der Waals surface area contributed by atoms with Crippen LogP contribution in [-0.2, 0) is 6.54 Å². The Morgan fingerprint density at radius 3 is 2.80 bits per heavy atom. The van der Waals surface area contributed by atoms with Gasteiger partial charge in [-0.25, -0.2) is 9.97 Å². The number of halogens is 2. The molecule has 5 nitrogen and oxygen atoms in total. The molecule has 158 valence electrons. The van der Waals surface area contributed by atoms with Gasteiger partial charge in [-0.05, 0) is 49.6 Å². The highest BCUT2D eigenvalue weighted by Crippen LogP contribution is 2.33. The smallest absolute Gasteiger partial charge is 0.255 e. The highest BCUT2D eigenvalue weighted by Gasteiger charge is 2.26. The van der Waals surface area contributed by atoms with Gasteiger partial charge in [-0.1, -0.05) is 49.4 Å². The first-order valence-electron chi connectivity index (χ1n) is 10.6. The number of carbonyl (C=O) groups is 1. The second-order valence-electron chi connectivity index (χ2n) is 7.89. The van der Waals surface area contributed by atoms with Crippen LogP contribution in [0.4, 0.5) is 0 Å². The Hall–Kier alpha value is -2.11. The number of amides is 1. The summed E-state index contributed by atoms with van der Waals surface area (Å²) in [7, 11) is 0. The third-order valence-corrected chi connectivity index (χ3v) is 6.34. The molecule has 1 fully saturated rings. The number of imidazole rings is 1. The van der Waals surface area contributed by atoms with E-state index in [0.29, 0.717) is 34.7 Å². The van der Waals surface area contributed by atoms with Crippen LogP contribution in [0.2, 0.25) is 10.0 Å². The molecular formula is C23H26Cl2N4O. The van der Waals surface area contributed by atoms with Gasteiger partial charge in [0.1, 0.15) is 11.3 Å². The molecule has 0 atom stereocenters. The van der Waals surface area contributed by atoms with E-state index in [9.17, 15) is 4.79 Å². The fourth-order valence-electron chi connectivity index (χ4n) is 4.24. The Bertz CT molecular complexity index is 1040. The van der Waals surface area contributed by atoms with Gasteiger partial charge in [0.25, 0.3) is 5.91 Å². The van der Waals surface area contributed by atoms with E-state index in [1.807, 2.05) is 23.2 Å². The van der Waals surface area contributed by atoms with Crippen LogP contribution in [0.25, 0.3) is 11.2 Å². The lowest BCUT2D eigenvalue weighted by molar-refractivity contribution is 0.0734. The summed E-state index contributed by atoms with van der Waals surface area (Å²) in [5, 5.41) is 0.914. The van der Waals surface area contributed by atoms with Gasteiger partial charge in [0.05, 0.1) is 17.1 Å². The van der Waals surface area contributed by atoms with Crippen molar-refractivity contribution >= 4 is 40.3 Å². The maximum atomic E-state index is 13.4. The number of hydrogen-bond donors (Lipinski definition) is 0. The molecule has 1 aliphatic carbocycles. The zero-order valence-corrected chi connectivity index (χ0v) is 18.7. The van der Waals surface area contributed by atoms with E-state index in [1.165, 1.54) is 12.8 Å². The van der Waals surface area contributed by atoms with Crippen molar-refractivity contribution in [3.63, 3.8) is 0 Å². The van der Waals surface area contributed by atoms with Gasteiger partial charge in [0, 0.05) is 23.8 Å². The van der Waals surface area contributed by atoms with Crippen molar-refractivity contribution in [3.05, 3.63) is 58.0 Å². The van der Waals surface area contributed by atoms with E-state index >= 15 is 0 Å². The molecule has 0 saturated heterocycles. The average Bonchev–Trinajstić information content (AvgIpc) is 3.39. The molecule has 0 bridgehead atoms. The van der Waals surface area contributed by atoms with Gasteiger partial charge >= 0.3 is 0 Å². The first kappa shape index (κ1) is 21.1. The number of pyridine rings is 1. The topological polar surface area (TPSA) is 51.0 Å². The zero-order chi connectivity index (χ0) is 21.1. The van der Waals surface area contributed by atoms with Crippen LogP contribution < -0.4 is 0 Å². The first-order chi connectivity index (χ1) is 14.6. The van der Waals surface area contributed by atoms with Crippen LogP contribution in [0, 0.1) is 0 Å². The van der Waals surface area contributed by atoms with Crippen molar-refractivity contribution in [3.8, 4) is 0 Å². The third-order valence-electron chi connectivity index (χ3n) is 5.77. The predicted molar refractivity (Wildman–Crippen MR) is 121 cm³/mol. The molecule has 0 aliphatic heterocycles. The molecule has 0 spiro atoms. The minimum atomic E-state index is -0.117. The van der Waals surface area contributed by atoms with Crippen molar-refractivity contribution in [1.82, 2.24) is 19.4 Å². The summed E-state index contributed by atoms with van der Waals surface area (Å²) in [5.41, 5.74) is 2.22. The second kappa shape index (κ2) is 9.36. The normalized spacial score (nSPS) is 14.5. The molecule has 0 radical (unpaired) electrons. The van der Waals surface area contributed by atoms with E-state index in [0.717, 1.165) is 42.7 Å². The molecule has 1 aromatic carbocycles. The predicted octanol–water partition coefficient (Wildman–Crippen LogP) is 6.30. The molecule has 1 saturated carbocycles. The molecular weight excluding hydrogens is 419 g/mol. The Balaban J connectivity index is 1.71. The Kier molecular flexibility index (Phi) is 6.59. The number of unbranched alkanes of at least 4 members (excludes halogenated alkanes) is 1. The van der Waals surface area contributed by atoms with E-state index in [-0.39, 0.29) is 5.91 Å². The van der Waals surface area contributed by atoms with E-state index < -0.39 is 0 Å². The standard InChI is InChI=1S/C23H26Cl2N4O/c1-2-3-13-28(23(30)18-14-16(24)10-11-19(18)25)15-21-27-20-9-6-12-26-22(20)29(21)17-7-4-5-8-17/h6,9-12,14,17H,2-5,7-8,13,15H2,1H3. The van der Waals surface area contributed by atoms with Crippen molar-refractivity contribution < 1.29 is 4.79 Å². The number of fused-ring (bicyclic) bond motifs is 1. The van der Waals surface area contributed by atoms with Gasteiger partial charge in [-0.15, -0.1) is 0 Å². The van der Waals surface area contributed by atoms with Crippen molar-refractivity contribution in [2.45, 2.75) is 58.0 Å². The fourth-order valence-corrected chi connectivity index (χ4v) is 4.61. The number of carbonyl (C=O) groups excluding carboxylic acids is 1. The average molecular weight is 445 g/mol. The molecule has 2 aromatic heterocycles. The third kappa shape index (κ3) is 4.33. The SMILES string of the molecule is CCCCN(Cc1nc2cccnc2n1C1CCCC1)C(=O)c1cc(Cl)ccc1Cl. The highest BCUT2D eigenvalue weighted by atomic mass is 35.5. The van der Waals surface area contributed by atoms with Gasteiger partial charge in [-0.2, -0.15) is 0 Å². The number of nitrogens with zero attached hydrogens (tertiary/aromatic N) is 4. The number of aromatic nitrogens is 3. The summed E-state index contributed by atoms with van der Waals surface area (Å²) >= 11 is 12.5. The number of benzene rings is 1. The van der Waals surface area contributed by atoms with Crippen LogP contribution >= 0.6 is 23.2 Å². The lowest BCUT2D eigenvalue weighted by Gasteiger charge is -2.25. The summed E-state index contributed by atoms with van der Waals surface area (Å²) in [4.78, 5) is 24.7. The zero-order valence-electron chi connectivity index (χ0n) is 17.2. The number of rotatable bonds is 7. The second-order valence-corrected chi connectivity index (χ2v) is 8.73. The Morgan fingerprint density at radius 2 is 2.03 bits per heavy atom. The lowest BCUT2D eigenvalue weighted by atomic mass is 10.1. The van der Waals surface area contributed by atoms with Crippen LogP contribution in [0.5, 0.6) is 0 Å². The molecule has 7 heteroatoms. The van der Waals surface area contributed by atoms with E-state index in [4.69, 9.17) is 28.2 Å². The maximum absolute atomic E-state index is 13.4. The van der Waals surface area contributed by atoms with Crippen LogP contribution in [0.1, 0.15) is 67.7 Å². The van der Waals surface area contributed by atoms with Gasteiger partial charge in [0.15, 0.2) is 5.65 Å².